The molecule has 0 spiro atoms. The average molecular weight is 399 g/mol. The molecule has 2 amide bonds. The quantitative estimate of drug-likeness (QED) is 0.717. The maximum atomic E-state index is 12.7. The first-order chi connectivity index (χ1) is 13.8. The van der Waals surface area contributed by atoms with Gasteiger partial charge in [-0.1, -0.05) is 18.2 Å². The Morgan fingerprint density at radius 1 is 1.07 bits per heavy atom. The van der Waals surface area contributed by atoms with Crippen molar-refractivity contribution in [2.24, 2.45) is 5.92 Å². The van der Waals surface area contributed by atoms with Crippen molar-refractivity contribution >= 4 is 34.1 Å². The molecule has 0 saturated carbocycles. The molecule has 1 fully saturated rings. The first kappa shape index (κ1) is 18.9. The maximum absolute atomic E-state index is 12.7. The Morgan fingerprint density at radius 3 is 2.52 bits per heavy atom. The Balaban J connectivity index is 1.49. The fourth-order valence-electron chi connectivity index (χ4n) is 3.41. The molecular weight excluding hydrogens is 383 g/mol. The van der Waals surface area contributed by atoms with E-state index in [-0.39, 0.29) is 24.6 Å². The molecule has 4 rings (SSSR count). The largest absolute Gasteiger partial charge is 0.416 e. The topological polar surface area (TPSA) is 62.3 Å². The molecule has 0 aliphatic carbocycles. The Labute approximate surface area is 164 Å². The van der Waals surface area contributed by atoms with E-state index >= 15 is 0 Å². The van der Waals surface area contributed by atoms with Gasteiger partial charge in [-0.2, -0.15) is 13.2 Å². The number of carbonyl (C=O) groups is 2. The minimum Gasteiger partial charge on any atom is -0.326 e. The molecule has 1 aromatic heterocycles. The predicted molar refractivity (Wildman–Crippen MR) is 102 cm³/mol. The number of amides is 2. The minimum absolute atomic E-state index is 0.0235. The number of hydrogen-bond acceptors (Lipinski definition) is 3. The van der Waals surface area contributed by atoms with Crippen molar-refractivity contribution in [3.63, 3.8) is 0 Å². The molecule has 148 valence electrons. The third-order valence-electron chi connectivity index (χ3n) is 4.88. The predicted octanol–water partition coefficient (Wildman–Crippen LogP) is 4.25. The van der Waals surface area contributed by atoms with E-state index < -0.39 is 23.6 Å². The second kappa shape index (κ2) is 7.20. The van der Waals surface area contributed by atoms with E-state index in [0.29, 0.717) is 11.2 Å². The van der Waals surface area contributed by atoms with Gasteiger partial charge in [0.2, 0.25) is 11.8 Å². The maximum Gasteiger partial charge on any atom is 0.416 e. The summed E-state index contributed by atoms with van der Waals surface area (Å²) in [4.78, 5) is 31.0. The van der Waals surface area contributed by atoms with Crippen LogP contribution in [-0.2, 0) is 15.8 Å². The van der Waals surface area contributed by atoms with Crippen molar-refractivity contribution in [2.45, 2.75) is 12.6 Å². The molecule has 0 bridgehead atoms. The van der Waals surface area contributed by atoms with Gasteiger partial charge < -0.3 is 10.2 Å². The first-order valence-corrected chi connectivity index (χ1v) is 8.95. The molecular formula is C21H16F3N3O2. The zero-order chi connectivity index (χ0) is 20.6. The van der Waals surface area contributed by atoms with E-state index in [1.54, 1.807) is 18.3 Å². The highest BCUT2D eigenvalue weighted by Gasteiger charge is 2.36. The number of aromatic nitrogens is 1. The van der Waals surface area contributed by atoms with Crippen LogP contribution in [0, 0.1) is 5.92 Å². The van der Waals surface area contributed by atoms with Gasteiger partial charge in [0.15, 0.2) is 0 Å². The molecule has 2 aromatic carbocycles. The van der Waals surface area contributed by atoms with Gasteiger partial charge in [0.05, 0.1) is 22.7 Å². The van der Waals surface area contributed by atoms with E-state index in [1.165, 1.54) is 17.0 Å². The van der Waals surface area contributed by atoms with E-state index in [9.17, 15) is 22.8 Å². The lowest BCUT2D eigenvalue weighted by atomic mass is 10.1. The molecule has 3 aromatic rings. The van der Waals surface area contributed by atoms with E-state index in [2.05, 4.69) is 10.3 Å². The van der Waals surface area contributed by atoms with Crippen molar-refractivity contribution in [3.8, 4) is 0 Å². The fraction of sp³-hybridized carbons (Fsp3) is 0.190. The molecule has 1 N–H and O–H groups in total. The first-order valence-electron chi connectivity index (χ1n) is 8.95. The number of rotatable bonds is 3. The van der Waals surface area contributed by atoms with Crippen LogP contribution in [0.4, 0.5) is 24.5 Å². The van der Waals surface area contributed by atoms with Crippen LogP contribution in [0.3, 0.4) is 0 Å². The fourth-order valence-corrected chi connectivity index (χ4v) is 3.41. The lowest BCUT2D eigenvalue weighted by Gasteiger charge is -2.18. The SMILES string of the molecule is O=C(Nc1ccc(C(F)(F)F)cc1)C1CC(=O)N(c2cccc3cccnc23)C1. The number of nitrogens with one attached hydrogen (secondary N) is 1. The summed E-state index contributed by atoms with van der Waals surface area (Å²) >= 11 is 0. The number of carbonyl (C=O) groups excluding carboxylic acids is 2. The molecule has 1 aliphatic rings. The number of benzene rings is 2. The normalized spacial score (nSPS) is 17.0. The highest BCUT2D eigenvalue weighted by atomic mass is 19.4. The summed E-state index contributed by atoms with van der Waals surface area (Å²) in [5.74, 6) is -1.21. The molecule has 1 saturated heterocycles. The molecule has 8 heteroatoms. The zero-order valence-electron chi connectivity index (χ0n) is 15.1. The van der Waals surface area contributed by atoms with Crippen molar-refractivity contribution in [1.29, 1.82) is 0 Å². The molecule has 29 heavy (non-hydrogen) atoms. The Kier molecular flexibility index (Phi) is 4.70. The Hall–Kier alpha value is -3.42. The molecule has 1 unspecified atom stereocenters. The second-order valence-corrected chi connectivity index (χ2v) is 6.82. The summed E-state index contributed by atoms with van der Waals surface area (Å²) in [6, 6.07) is 13.4. The Morgan fingerprint density at radius 2 is 1.79 bits per heavy atom. The number of nitrogens with zero attached hydrogens (tertiary/aromatic N) is 2. The van der Waals surface area contributed by atoms with Crippen LogP contribution < -0.4 is 10.2 Å². The number of para-hydroxylation sites is 1. The van der Waals surface area contributed by atoms with Crippen molar-refractivity contribution in [2.75, 3.05) is 16.8 Å². The monoisotopic (exact) mass is 399 g/mol. The summed E-state index contributed by atoms with van der Waals surface area (Å²) in [6.45, 7) is 0.182. The molecule has 1 atom stereocenters. The number of halogens is 3. The lowest BCUT2D eigenvalue weighted by molar-refractivity contribution is -0.137. The van der Waals surface area contributed by atoms with Gasteiger partial charge >= 0.3 is 6.18 Å². The highest BCUT2D eigenvalue weighted by molar-refractivity contribution is 6.07. The number of pyridine rings is 1. The van der Waals surface area contributed by atoms with Crippen LogP contribution in [0.2, 0.25) is 0 Å². The summed E-state index contributed by atoms with van der Waals surface area (Å²) in [6.07, 6.45) is -2.77. The smallest absolute Gasteiger partial charge is 0.326 e. The number of anilines is 2. The molecule has 0 radical (unpaired) electrons. The second-order valence-electron chi connectivity index (χ2n) is 6.82. The van der Waals surface area contributed by atoms with Gasteiger partial charge in [0, 0.05) is 30.2 Å². The summed E-state index contributed by atoms with van der Waals surface area (Å²) < 4.78 is 38.0. The van der Waals surface area contributed by atoms with Gasteiger partial charge in [-0.3, -0.25) is 14.6 Å². The van der Waals surface area contributed by atoms with Crippen molar-refractivity contribution in [1.82, 2.24) is 4.98 Å². The van der Waals surface area contributed by atoms with Crippen molar-refractivity contribution < 1.29 is 22.8 Å². The molecule has 2 heterocycles. The van der Waals surface area contributed by atoms with Gasteiger partial charge in [-0.05, 0) is 36.4 Å². The number of fused-ring (bicyclic) bond motifs is 1. The van der Waals surface area contributed by atoms with Gasteiger partial charge in [0.25, 0.3) is 0 Å². The lowest BCUT2D eigenvalue weighted by Crippen LogP contribution is -2.28. The van der Waals surface area contributed by atoms with Crippen LogP contribution in [0.5, 0.6) is 0 Å². The standard InChI is InChI=1S/C21H16F3N3O2/c22-21(23,24)15-6-8-16(9-7-15)26-20(29)14-11-18(28)27(12-14)17-5-1-3-13-4-2-10-25-19(13)17/h1-10,14H,11-12H2,(H,26,29). The Bertz CT molecular complexity index is 1080. The van der Waals surface area contributed by atoms with Crippen LogP contribution in [0.1, 0.15) is 12.0 Å². The zero-order valence-corrected chi connectivity index (χ0v) is 15.1. The van der Waals surface area contributed by atoms with Gasteiger partial charge in [0.1, 0.15) is 0 Å². The summed E-state index contributed by atoms with van der Waals surface area (Å²) in [5, 5.41) is 3.48. The number of alkyl halides is 3. The van der Waals surface area contributed by atoms with Crippen LogP contribution >= 0.6 is 0 Å². The average Bonchev–Trinajstić information content (AvgIpc) is 3.09. The van der Waals surface area contributed by atoms with Gasteiger partial charge in [-0.15, -0.1) is 0 Å². The van der Waals surface area contributed by atoms with E-state index in [4.69, 9.17) is 0 Å². The third kappa shape index (κ3) is 3.78. The van der Waals surface area contributed by atoms with Crippen molar-refractivity contribution in [3.05, 3.63) is 66.4 Å². The third-order valence-corrected chi connectivity index (χ3v) is 4.88. The van der Waals surface area contributed by atoms with Gasteiger partial charge in [-0.25, -0.2) is 0 Å². The molecule has 1 aliphatic heterocycles. The summed E-state index contributed by atoms with van der Waals surface area (Å²) in [5.41, 5.74) is 0.770. The number of hydrogen-bond donors (Lipinski definition) is 1. The summed E-state index contributed by atoms with van der Waals surface area (Å²) in [7, 11) is 0. The highest BCUT2D eigenvalue weighted by Crippen LogP contribution is 2.32. The molecule has 5 nitrogen and oxygen atoms in total. The van der Waals surface area contributed by atoms with Crippen LogP contribution in [-0.4, -0.2) is 23.3 Å². The minimum atomic E-state index is -4.44. The van der Waals surface area contributed by atoms with Crippen LogP contribution in [0.15, 0.2) is 60.8 Å². The van der Waals surface area contributed by atoms with E-state index in [0.717, 1.165) is 17.5 Å². The van der Waals surface area contributed by atoms with Crippen LogP contribution in [0.25, 0.3) is 10.9 Å². The van der Waals surface area contributed by atoms with E-state index in [1.807, 2.05) is 18.2 Å².